The SMILES string of the molecule is C1=CC2c3ccccc3SC2c2c1c1ccccc1n2-c1ccc2sc3cccc(-c4ccc5c(c4)oc4ccccc45)c3c2c1. The molecule has 2 unspecified atom stereocenters. The minimum Gasteiger partial charge on any atom is -0.456 e. The number of thioether (sulfide) groups is 1. The molecule has 0 radical (unpaired) electrons. The van der Waals surface area contributed by atoms with Crippen molar-refractivity contribution in [2.45, 2.75) is 16.1 Å². The summed E-state index contributed by atoms with van der Waals surface area (Å²) >= 11 is 3.89. The maximum Gasteiger partial charge on any atom is 0.136 e. The topological polar surface area (TPSA) is 18.1 Å². The second kappa shape index (κ2) is 9.26. The van der Waals surface area contributed by atoms with Gasteiger partial charge < -0.3 is 8.98 Å². The molecular formula is C42H25NOS2. The van der Waals surface area contributed by atoms with Crippen LogP contribution < -0.4 is 0 Å². The van der Waals surface area contributed by atoms with Crippen LogP contribution in [0.4, 0.5) is 0 Å². The van der Waals surface area contributed by atoms with Crippen LogP contribution in [-0.4, -0.2) is 4.57 Å². The number of nitrogens with zero attached hydrogens (tertiary/aromatic N) is 1. The number of benzene rings is 6. The Morgan fingerprint density at radius 3 is 2.46 bits per heavy atom. The maximum atomic E-state index is 6.31. The van der Waals surface area contributed by atoms with Crippen molar-refractivity contribution in [2.24, 2.45) is 0 Å². The second-order valence-corrected chi connectivity index (χ2v) is 14.7. The lowest BCUT2D eigenvalue weighted by atomic mass is 9.87. The molecule has 11 rings (SSSR count). The van der Waals surface area contributed by atoms with Crippen molar-refractivity contribution in [3.05, 3.63) is 150 Å². The highest BCUT2D eigenvalue weighted by Gasteiger charge is 2.39. The number of fused-ring (bicyclic) bond motifs is 13. The Bertz CT molecular complexity index is 2760. The summed E-state index contributed by atoms with van der Waals surface area (Å²) in [4.78, 5) is 1.40. The zero-order valence-corrected chi connectivity index (χ0v) is 26.2. The van der Waals surface area contributed by atoms with Crippen LogP contribution in [-0.2, 0) is 0 Å². The van der Waals surface area contributed by atoms with Gasteiger partial charge in [0.1, 0.15) is 11.2 Å². The lowest BCUT2D eigenvalue weighted by molar-refractivity contribution is 0.669. The molecule has 9 aromatic rings. The molecule has 46 heavy (non-hydrogen) atoms. The molecule has 0 N–H and O–H groups in total. The van der Waals surface area contributed by atoms with Gasteiger partial charge in [-0.3, -0.25) is 0 Å². The molecule has 3 aromatic heterocycles. The molecule has 0 fully saturated rings. The molecule has 4 heterocycles. The first-order valence-electron chi connectivity index (χ1n) is 15.7. The van der Waals surface area contributed by atoms with Crippen LogP contribution in [0.3, 0.4) is 0 Å². The van der Waals surface area contributed by atoms with Gasteiger partial charge in [-0.15, -0.1) is 23.1 Å². The summed E-state index contributed by atoms with van der Waals surface area (Å²) in [5, 5.41) is 6.59. The molecule has 0 saturated carbocycles. The monoisotopic (exact) mass is 623 g/mol. The van der Waals surface area contributed by atoms with E-state index in [2.05, 4.69) is 132 Å². The van der Waals surface area contributed by atoms with E-state index >= 15 is 0 Å². The van der Waals surface area contributed by atoms with Gasteiger partial charge in [-0.1, -0.05) is 84.9 Å². The summed E-state index contributed by atoms with van der Waals surface area (Å²) in [5.41, 5.74) is 11.0. The van der Waals surface area contributed by atoms with Gasteiger partial charge in [0.05, 0.1) is 10.8 Å². The molecule has 1 aliphatic carbocycles. The van der Waals surface area contributed by atoms with Crippen molar-refractivity contribution in [1.29, 1.82) is 0 Å². The lowest BCUT2D eigenvalue weighted by Crippen LogP contribution is -2.11. The predicted molar refractivity (Wildman–Crippen MR) is 196 cm³/mol. The molecule has 4 heteroatoms. The van der Waals surface area contributed by atoms with E-state index in [1.54, 1.807) is 0 Å². The van der Waals surface area contributed by atoms with Gasteiger partial charge in [0.15, 0.2) is 0 Å². The number of aromatic nitrogens is 1. The fourth-order valence-electron chi connectivity index (χ4n) is 7.97. The second-order valence-electron chi connectivity index (χ2n) is 12.4. The van der Waals surface area contributed by atoms with Gasteiger partial charge in [0.2, 0.25) is 0 Å². The van der Waals surface area contributed by atoms with E-state index in [0.717, 1.165) is 21.9 Å². The standard InChI is InChI=1S/C42H25NOS2/c1-4-12-34-27(8-1)31-19-20-32-30-10-3-6-14-37(30)46-42(32)41(31)43(34)25-17-21-38-33(23-25)40-26(11-7-15-39(40)45-38)24-16-18-29-28-9-2-5-13-35(28)44-36(29)22-24/h1-23,32,42H. The van der Waals surface area contributed by atoms with Gasteiger partial charge in [-0.05, 0) is 71.3 Å². The van der Waals surface area contributed by atoms with Crippen LogP contribution in [0, 0.1) is 0 Å². The van der Waals surface area contributed by atoms with Crippen molar-refractivity contribution in [3.8, 4) is 16.8 Å². The first-order chi connectivity index (χ1) is 22.8. The van der Waals surface area contributed by atoms with Crippen LogP contribution in [0.2, 0.25) is 0 Å². The average Bonchev–Trinajstić information content (AvgIpc) is 3.86. The Hall–Kier alpha value is -5.03. The van der Waals surface area contributed by atoms with Crippen molar-refractivity contribution in [2.75, 3.05) is 0 Å². The molecular weight excluding hydrogens is 599 g/mol. The van der Waals surface area contributed by atoms with Crippen molar-refractivity contribution in [3.63, 3.8) is 0 Å². The lowest BCUT2D eigenvalue weighted by Gasteiger charge is -2.24. The highest BCUT2D eigenvalue weighted by atomic mass is 32.2. The van der Waals surface area contributed by atoms with Gasteiger partial charge in [-0.25, -0.2) is 0 Å². The van der Waals surface area contributed by atoms with Gasteiger partial charge in [0, 0.05) is 64.1 Å². The van der Waals surface area contributed by atoms with Crippen LogP contribution in [0.15, 0.2) is 143 Å². The van der Waals surface area contributed by atoms with Crippen molar-refractivity contribution < 1.29 is 4.42 Å². The van der Waals surface area contributed by atoms with Gasteiger partial charge >= 0.3 is 0 Å². The molecule has 0 amide bonds. The van der Waals surface area contributed by atoms with Crippen LogP contribution in [0.1, 0.15) is 28.0 Å². The largest absolute Gasteiger partial charge is 0.456 e. The summed E-state index contributed by atoms with van der Waals surface area (Å²) in [6.45, 7) is 0. The number of hydrogen-bond acceptors (Lipinski definition) is 3. The number of allylic oxidation sites excluding steroid dienone is 1. The first-order valence-corrected chi connectivity index (χ1v) is 17.4. The van der Waals surface area contributed by atoms with Crippen LogP contribution >= 0.6 is 23.1 Å². The minimum absolute atomic E-state index is 0.339. The first kappa shape index (κ1) is 25.2. The normalized spacial score (nSPS) is 17.0. The maximum absolute atomic E-state index is 6.31. The number of rotatable bonds is 2. The van der Waals surface area contributed by atoms with E-state index in [0.29, 0.717) is 11.2 Å². The molecule has 2 atom stereocenters. The average molecular weight is 624 g/mol. The summed E-state index contributed by atoms with van der Waals surface area (Å²) in [5.74, 6) is 0.377. The number of furan rings is 1. The number of thiophene rings is 1. The van der Waals surface area contributed by atoms with E-state index in [4.69, 9.17) is 4.42 Å². The highest BCUT2D eigenvalue weighted by Crippen LogP contribution is 2.59. The van der Waals surface area contributed by atoms with Gasteiger partial charge in [-0.2, -0.15) is 0 Å². The third kappa shape index (κ3) is 3.38. The van der Waals surface area contributed by atoms with Crippen LogP contribution in [0.25, 0.3) is 75.9 Å². The fourth-order valence-corrected chi connectivity index (χ4v) is 10.6. The molecule has 0 saturated heterocycles. The Labute approximate surface area is 273 Å². The molecule has 2 nitrogen and oxygen atoms in total. The third-order valence-corrected chi connectivity index (χ3v) is 12.5. The quantitative estimate of drug-likeness (QED) is 0.191. The molecule has 1 aliphatic heterocycles. The van der Waals surface area contributed by atoms with E-state index in [9.17, 15) is 0 Å². The third-order valence-electron chi connectivity index (χ3n) is 9.98. The summed E-state index contributed by atoms with van der Waals surface area (Å²) in [6.07, 6.45) is 4.81. The molecule has 216 valence electrons. The smallest absolute Gasteiger partial charge is 0.136 e. The van der Waals surface area contributed by atoms with Crippen molar-refractivity contribution >= 4 is 82.2 Å². The summed E-state index contributed by atoms with van der Waals surface area (Å²) in [7, 11) is 0. The summed E-state index contributed by atoms with van der Waals surface area (Å²) < 4.78 is 11.5. The minimum atomic E-state index is 0.339. The Morgan fingerprint density at radius 2 is 1.48 bits per heavy atom. The summed E-state index contributed by atoms with van der Waals surface area (Å²) in [6, 6.07) is 46.6. The molecule has 0 bridgehead atoms. The van der Waals surface area contributed by atoms with Crippen LogP contribution in [0.5, 0.6) is 0 Å². The highest BCUT2D eigenvalue weighted by molar-refractivity contribution is 8.00. The zero-order valence-electron chi connectivity index (χ0n) is 24.6. The molecule has 0 spiro atoms. The van der Waals surface area contributed by atoms with Gasteiger partial charge in [0.25, 0.3) is 0 Å². The van der Waals surface area contributed by atoms with E-state index < -0.39 is 0 Å². The fraction of sp³-hybridized carbons (Fsp3) is 0.0476. The predicted octanol–water partition coefficient (Wildman–Crippen LogP) is 12.5. The van der Waals surface area contributed by atoms with Crippen molar-refractivity contribution in [1.82, 2.24) is 4.57 Å². The zero-order chi connectivity index (χ0) is 29.9. The molecule has 6 aromatic carbocycles. The Kier molecular flexibility index (Phi) is 5.07. The van der Waals surface area contributed by atoms with E-state index in [1.165, 1.54) is 69.6 Å². The van der Waals surface area contributed by atoms with E-state index in [1.807, 2.05) is 35.2 Å². The Morgan fingerprint density at radius 1 is 0.630 bits per heavy atom. The molecule has 2 aliphatic rings. The van der Waals surface area contributed by atoms with E-state index in [-0.39, 0.29) is 0 Å². The Balaban J connectivity index is 1.14. The number of hydrogen-bond donors (Lipinski definition) is 0. The number of para-hydroxylation sites is 2.